The van der Waals surface area contributed by atoms with Crippen molar-refractivity contribution in [3.05, 3.63) is 121 Å². The van der Waals surface area contributed by atoms with E-state index >= 15 is 0 Å². The zero-order chi connectivity index (χ0) is 25.1. The summed E-state index contributed by atoms with van der Waals surface area (Å²) in [6.07, 6.45) is 1.44. The molecule has 2 heterocycles. The van der Waals surface area contributed by atoms with Crippen LogP contribution >= 0.6 is 31.9 Å². The maximum Gasteiger partial charge on any atom is 0.250 e. The fraction of sp³-hybridized carbons (Fsp3) is 0.172. The van der Waals surface area contributed by atoms with Crippen LogP contribution in [0.3, 0.4) is 0 Å². The largest absolute Gasteiger partial charge is 0.439 e. The lowest BCUT2D eigenvalue weighted by Crippen LogP contribution is -2.30. The van der Waals surface area contributed by atoms with Gasteiger partial charge in [-0.05, 0) is 65.1 Å². The molecule has 1 aromatic heterocycles. The lowest BCUT2D eigenvalue weighted by molar-refractivity contribution is 0.0999. The molecular weight excluding hydrogens is 582 g/mol. The van der Waals surface area contributed by atoms with Crippen molar-refractivity contribution >= 4 is 37.8 Å². The van der Waals surface area contributed by atoms with Gasteiger partial charge in [0.15, 0.2) is 0 Å². The lowest BCUT2D eigenvalue weighted by atomic mass is 9.99. The predicted molar refractivity (Wildman–Crippen MR) is 148 cm³/mol. The SMILES string of the molecule is NC(=O)c1ccc(Oc2ccc3c(c2)CCN(Cc2ccccc2Br)C3)nc1Cc1cccc(Br)c1. The number of benzene rings is 3. The first-order valence-corrected chi connectivity index (χ1v) is 13.3. The standard InChI is InChI=1S/C29H25Br2N3O2/c30-23-6-3-4-19(14-23)15-27-25(29(32)35)10-11-28(33-27)36-24-9-8-21-17-34(13-12-20(21)16-24)18-22-5-1-2-7-26(22)31/h1-11,14,16H,12-13,15,17-18H2,(H2,32,35). The molecule has 182 valence electrons. The van der Waals surface area contributed by atoms with Crippen molar-refractivity contribution in [3.63, 3.8) is 0 Å². The van der Waals surface area contributed by atoms with Crippen molar-refractivity contribution in [2.24, 2.45) is 5.73 Å². The van der Waals surface area contributed by atoms with Gasteiger partial charge in [-0.3, -0.25) is 9.69 Å². The van der Waals surface area contributed by atoms with Crippen LogP contribution in [-0.4, -0.2) is 22.3 Å². The molecule has 2 N–H and O–H groups in total. The van der Waals surface area contributed by atoms with Crippen molar-refractivity contribution in [1.82, 2.24) is 9.88 Å². The molecule has 1 aliphatic heterocycles. The molecule has 0 radical (unpaired) electrons. The number of amides is 1. The summed E-state index contributed by atoms with van der Waals surface area (Å²) in [5.74, 6) is 0.678. The summed E-state index contributed by atoms with van der Waals surface area (Å²) in [6, 6.07) is 25.9. The molecule has 0 fully saturated rings. The van der Waals surface area contributed by atoms with Crippen LogP contribution < -0.4 is 10.5 Å². The minimum Gasteiger partial charge on any atom is -0.439 e. The van der Waals surface area contributed by atoms with Gasteiger partial charge < -0.3 is 10.5 Å². The third-order valence-corrected chi connectivity index (χ3v) is 7.58. The van der Waals surface area contributed by atoms with Crippen LogP contribution in [0.15, 0.2) is 87.8 Å². The van der Waals surface area contributed by atoms with E-state index in [1.165, 1.54) is 16.7 Å². The fourth-order valence-electron chi connectivity index (χ4n) is 4.51. The first kappa shape index (κ1) is 24.7. The Morgan fingerprint density at radius 1 is 0.972 bits per heavy atom. The number of ether oxygens (including phenoxy) is 1. The smallest absolute Gasteiger partial charge is 0.250 e. The molecule has 0 spiro atoms. The van der Waals surface area contributed by atoms with Gasteiger partial charge in [0.2, 0.25) is 5.88 Å². The van der Waals surface area contributed by atoms with E-state index in [1.807, 2.05) is 36.4 Å². The van der Waals surface area contributed by atoms with Crippen LogP contribution in [0, 0.1) is 0 Å². The number of carbonyl (C=O) groups is 1. The molecule has 7 heteroatoms. The molecule has 1 amide bonds. The molecule has 4 aromatic rings. The third kappa shape index (κ3) is 5.86. The average molecular weight is 607 g/mol. The zero-order valence-electron chi connectivity index (χ0n) is 19.6. The summed E-state index contributed by atoms with van der Waals surface area (Å²) in [5.41, 5.74) is 11.5. The number of halogens is 2. The van der Waals surface area contributed by atoms with Crippen LogP contribution in [0.1, 0.15) is 38.3 Å². The molecule has 5 rings (SSSR count). The van der Waals surface area contributed by atoms with Gasteiger partial charge in [-0.1, -0.05) is 68.3 Å². The second-order valence-electron chi connectivity index (χ2n) is 8.90. The van der Waals surface area contributed by atoms with Gasteiger partial charge in [-0.25, -0.2) is 4.98 Å². The van der Waals surface area contributed by atoms with Crippen molar-refractivity contribution in [2.45, 2.75) is 25.9 Å². The second-order valence-corrected chi connectivity index (χ2v) is 10.7. The highest BCUT2D eigenvalue weighted by Gasteiger charge is 2.18. The Morgan fingerprint density at radius 2 is 1.83 bits per heavy atom. The minimum absolute atomic E-state index is 0.401. The number of rotatable bonds is 7. The summed E-state index contributed by atoms with van der Waals surface area (Å²) in [7, 11) is 0. The Hall–Kier alpha value is -3.00. The van der Waals surface area contributed by atoms with Gasteiger partial charge in [0.05, 0.1) is 11.3 Å². The minimum atomic E-state index is -0.500. The van der Waals surface area contributed by atoms with Gasteiger partial charge in [-0.15, -0.1) is 0 Å². The average Bonchev–Trinajstić information content (AvgIpc) is 2.85. The molecular formula is C29H25Br2N3O2. The first-order chi connectivity index (χ1) is 17.4. The maximum atomic E-state index is 12.0. The molecule has 0 unspecified atom stereocenters. The number of fused-ring (bicyclic) bond motifs is 1. The van der Waals surface area contributed by atoms with Crippen molar-refractivity contribution in [1.29, 1.82) is 0 Å². The number of primary amides is 1. The van der Waals surface area contributed by atoms with Crippen LogP contribution in [0.25, 0.3) is 0 Å². The Labute approximate surface area is 227 Å². The Balaban J connectivity index is 1.31. The van der Waals surface area contributed by atoms with E-state index < -0.39 is 5.91 Å². The Morgan fingerprint density at radius 3 is 2.64 bits per heavy atom. The zero-order valence-corrected chi connectivity index (χ0v) is 22.8. The Bertz CT molecular complexity index is 1420. The van der Waals surface area contributed by atoms with Crippen LogP contribution in [-0.2, 0) is 25.9 Å². The van der Waals surface area contributed by atoms with Crippen molar-refractivity contribution < 1.29 is 9.53 Å². The van der Waals surface area contributed by atoms with E-state index in [9.17, 15) is 4.79 Å². The number of aromatic nitrogens is 1. The van der Waals surface area contributed by atoms with Gasteiger partial charge in [0, 0.05) is 41.1 Å². The number of carbonyl (C=O) groups excluding carboxylic acids is 1. The number of hydrogen-bond acceptors (Lipinski definition) is 4. The third-order valence-electron chi connectivity index (χ3n) is 6.32. The van der Waals surface area contributed by atoms with E-state index in [4.69, 9.17) is 10.5 Å². The van der Waals surface area contributed by atoms with E-state index in [2.05, 4.69) is 72.1 Å². The highest BCUT2D eigenvalue weighted by Crippen LogP contribution is 2.29. The summed E-state index contributed by atoms with van der Waals surface area (Å²) in [6.45, 7) is 2.80. The molecule has 0 saturated heterocycles. The van der Waals surface area contributed by atoms with E-state index in [-0.39, 0.29) is 0 Å². The summed E-state index contributed by atoms with van der Waals surface area (Å²) in [4.78, 5) is 19.1. The van der Waals surface area contributed by atoms with Gasteiger partial charge in [0.1, 0.15) is 5.75 Å². The summed E-state index contributed by atoms with van der Waals surface area (Å²) >= 11 is 7.15. The van der Waals surface area contributed by atoms with Crippen molar-refractivity contribution in [2.75, 3.05) is 6.54 Å². The van der Waals surface area contributed by atoms with Gasteiger partial charge >= 0.3 is 0 Å². The van der Waals surface area contributed by atoms with Crippen molar-refractivity contribution in [3.8, 4) is 11.6 Å². The molecule has 0 saturated carbocycles. The topological polar surface area (TPSA) is 68.5 Å². The second kappa shape index (κ2) is 10.9. The number of hydrogen-bond donors (Lipinski definition) is 1. The van der Waals surface area contributed by atoms with E-state index in [1.54, 1.807) is 12.1 Å². The predicted octanol–water partition coefficient (Wildman–Crippen LogP) is 6.65. The number of nitrogens with two attached hydrogens (primary N) is 1. The highest BCUT2D eigenvalue weighted by atomic mass is 79.9. The molecule has 36 heavy (non-hydrogen) atoms. The van der Waals surface area contributed by atoms with Crippen LogP contribution in [0.4, 0.5) is 0 Å². The summed E-state index contributed by atoms with van der Waals surface area (Å²) < 4.78 is 8.24. The normalized spacial score (nSPS) is 13.3. The first-order valence-electron chi connectivity index (χ1n) is 11.7. The molecule has 0 bridgehead atoms. The highest BCUT2D eigenvalue weighted by molar-refractivity contribution is 9.10. The molecule has 5 nitrogen and oxygen atoms in total. The summed E-state index contributed by atoms with van der Waals surface area (Å²) in [5, 5.41) is 0. The van der Waals surface area contributed by atoms with E-state index in [0.717, 1.165) is 46.3 Å². The molecule has 0 aliphatic carbocycles. The quantitative estimate of drug-likeness (QED) is 0.256. The maximum absolute atomic E-state index is 12.0. The molecule has 1 aliphatic rings. The fourth-order valence-corrected chi connectivity index (χ4v) is 5.37. The molecule has 0 atom stereocenters. The van der Waals surface area contributed by atoms with Gasteiger partial charge in [0.25, 0.3) is 5.91 Å². The monoisotopic (exact) mass is 605 g/mol. The van der Waals surface area contributed by atoms with Crippen LogP contribution in [0.5, 0.6) is 11.6 Å². The number of pyridine rings is 1. The van der Waals surface area contributed by atoms with Crippen LogP contribution in [0.2, 0.25) is 0 Å². The number of nitrogens with zero attached hydrogens (tertiary/aromatic N) is 2. The Kier molecular flexibility index (Phi) is 7.51. The van der Waals surface area contributed by atoms with E-state index in [0.29, 0.717) is 23.6 Å². The van der Waals surface area contributed by atoms with Gasteiger partial charge in [-0.2, -0.15) is 0 Å². The molecule has 3 aromatic carbocycles. The lowest BCUT2D eigenvalue weighted by Gasteiger charge is -2.29.